The highest BCUT2D eigenvalue weighted by Crippen LogP contribution is 2.53. The molecular formula is C126H88F12N6. The van der Waals surface area contributed by atoms with Gasteiger partial charge in [-0.1, -0.05) is 246 Å². The zero-order chi connectivity index (χ0) is 100. The molecule has 0 saturated heterocycles. The van der Waals surface area contributed by atoms with Crippen LogP contribution in [0.1, 0.15) is 100 Å². The molecule has 0 radical (unpaired) electrons. The van der Waals surface area contributed by atoms with Gasteiger partial charge >= 0.3 is 24.7 Å². The van der Waals surface area contributed by atoms with Crippen molar-refractivity contribution in [3.63, 3.8) is 0 Å². The van der Waals surface area contributed by atoms with E-state index >= 15 is 39.5 Å². The van der Waals surface area contributed by atoms with Crippen molar-refractivity contribution in [2.75, 3.05) is 0 Å². The summed E-state index contributed by atoms with van der Waals surface area (Å²) in [6.07, 6.45) is -19.8. The van der Waals surface area contributed by atoms with E-state index in [4.69, 9.17) is 0 Å². The highest BCUT2D eigenvalue weighted by molar-refractivity contribution is 6.16. The second kappa shape index (κ2) is 34.6. The van der Waals surface area contributed by atoms with Gasteiger partial charge in [-0.3, -0.25) is 0 Å². The van der Waals surface area contributed by atoms with Crippen LogP contribution in [-0.4, -0.2) is 18.3 Å². The Morgan fingerprint density at radius 2 is 0.507 bits per heavy atom. The number of aromatic nitrogens is 4. The lowest BCUT2D eigenvalue weighted by Crippen LogP contribution is -2.13. The van der Waals surface area contributed by atoms with E-state index in [0.717, 1.165) is 178 Å². The zero-order valence-corrected chi connectivity index (χ0v) is 79.8. The molecule has 0 unspecified atom stereocenters. The van der Waals surface area contributed by atoms with E-state index in [1.54, 1.807) is 28.8 Å². The van der Waals surface area contributed by atoms with Gasteiger partial charge in [-0.05, 0) is 308 Å². The summed E-state index contributed by atoms with van der Waals surface area (Å²) in [5.41, 5.74) is 20.5. The molecule has 144 heavy (non-hydrogen) atoms. The first-order valence-electron chi connectivity index (χ1n) is 47.4. The highest BCUT2D eigenvalue weighted by atomic mass is 19.4. The summed E-state index contributed by atoms with van der Waals surface area (Å²) in [6.45, 7) is 20.1. The van der Waals surface area contributed by atoms with Crippen molar-refractivity contribution in [2.45, 2.75) is 107 Å². The fourth-order valence-corrected chi connectivity index (χ4v) is 22.2. The van der Waals surface area contributed by atoms with Crippen molar-refractivity contribution in [3.05, 3.63) is 428 Å². The van der Waals surface area contributed by atoms with Crippen LogP contribution in [0.15, 0.2) is 328 Å². The van der Waals surface area contributed by atoms with E-state index in [1.807, 2.05) is 277 Å². The van der Waals surface area contributed by atoms with Gasteiger partial charge in [0.2, 0.25) is 0 Å². The monoisotopic (exact) mass is 1910 g/mol. The molecule has 18 aromatic carbocycles. The molecule has 6 nitrogen and oxygen atoms in total. The predicted molar refractivity (Wildman–Crippen MR) is 558 cm³/mol. The lowest BCUT2D eigenvalue weighted by molar-refractivity contribution is -0.144. The fourth-order valence-electron chi connectivity index (χ4n) is 22.2. The van der Waals surface area contributed by atoms with Crippen molar-refractivity contribution < 1.29 is 52.7 Å². The van der Waals surface area contributed by atoms with Gasteiger partial charge < -0.3 is 18.3 Å². The summed E-state index contributed by atoms with van der Waals surface area (Å²) in [7, 11) is 0. The first kappa shape index (κ1) is 92.3. The molecule has 0 aliphatic carbocycles. The molecule has 22 aromatic rings. The molecule has 4 aromatic heterocycles. The number of nitrogens with zero attached hydrogens (tertiary/aromatic N) is 6. The van der Waals surface area contributed by atoms with Crippen LogP contribution in [0.4, 0.5) is 52.7 Å². The highest BCUT2D eigenvalue weighted by Gasteiger charge is 2.42. The summed E-state index contributed by atoms with van der Waals surface area (Å²) in [5.74, 6) is 0. The van der Waals surface area contributed by atoms with Crippen LogP contribution in [0.25, 0.3) is 199 Å². The molecule has 0 N–H and O–H groups in total. The van der Waals surface area contributed by atoms with Crippen molar-refractivity contribution in [2.24, 2.45) is 0 Å². The van der Waals surface area contributed by atoms with E-state index in [-0.39, 0.29) is 57.1 Å². The average Bonchev–Trinajstić information content (AvgIpc) is 1.55. The number of halogens is 12. The normalized spacial score (nSPS) is 12.3. The Hall–Kier alpha value is -16.7. The van der Waals surface area contributed by atoms with E-state index in [2.05, 4.69) is 78.9 Å². The van der Waals surface area contributed by atoms with Gasteiger partial charge in [0, 0.05) is 54.2 Å². The molecule has 22 rings (SSSR count). The minimum absolute atomic E-state index is 0.0462. The summed E-state index contributed by atoms with van der Waals surface area (Å²) in [4.78, 5) is 0. The van der Waals surface area contributed by atoms with E-state index in [1.165, 1.54) is 6.07 Å². The van der Waals surface area contributed by atoms with Crippen LogP contribution >= 0.6 is 0 Å². The molecule has 4 heterocycles. The van der Waals surface area contributed by atoms with Crippen LogP contribution in [-0.2, 0) is 37.5 Å². The first-order chi connectivity index (χ1) is 68.9. The Morgan fingerprint density at radius 3 is 0.861 bits per heavy atom. The summed E-state index contributed by atoms with van der Waals surface area (Å²) in [5, 5.41) is 29.6. The summed E-state index contributed by atoms with van der Waals surface area (Å²) < 4.78 is 194. The maximum atomic E-state index is 16.5. The molecule has 0 bridgehead atoms. The third kappa shape index (κ3) is 16.0. The Balaban J connectivity index is 0.671. The van der Waals surface area contributed by atoms with Crippen LogP contribution in [0.2, 0.25) is 0 Å². The lowest BCUT2D eigenvalue weighted by Gasteiger charge is -2.22. The third-order valence-corrected chi connectivity index (χ3v) is 28.8. The van der Waals surface area contributed by atoms with Gasteiger partial charge in [-0.15, -0.1) is 0 Å². The maximum absolute atomic E-state index is 16.5. The minimum Gasteiger partial charge on any atom is -0.309 e. The SMILES string of the molecule is Cc1ccc(-c2ccc3c(c2)c2ccccc2n3-c2cc(-c3ccc(C(F)(F)F)cc3C(F)(F)F)c(-n3c4ccccc4c4cc(-c5ccc(C)cc5CCc5ccc(-c6ccc7c8ccc(-c9ccc(C)cc9C)cc8n(-c8cc(-c9ccc(C(F)(F)F)cc9C(F)(F)F)c(-n9c%10cc(-c%11ccc(C)cc%11C)ccc%10c%10ccc(-c%11ccc(C)cc%11C)cc%109)cc8C#N)c7c6)c(C)c5)ccc43)cc2C#N)c(C)c1. The first-order valence-corrected chi connectivity index (χ1v) is 47.4. The molecule has 0 aliphatic heterocycles. The maximum Gasteiger partial charge on any atom is 0.417 e. The fraction of sp³-hybridized carbons (Fsp3) is 0.127. The second-order valence-corrected chi connectivity index (χ2v) is 38.4. The molecule has 0 aliphatic rings. The van der Waals surface area contributed by atoms with Crippen molar-refractivity contribution in [3.8, 4) is 124 Å². The number of benzene rings is 18. The number of rotatable bonds is 15. The second-order valence-electron chi connectivity index (χ2n) is 38.4. The standard InChI is InChI=1S/C126H88F12N6/c1-69-19-35-91(74(6)49-69)81-31-47-113-105(55-81)99-15-11-13-17-111(99)141(113)115-65-107(97-45-33-89(123(127,128)129)63-109(97)125(133,134)135)121(61-87(115)67-139)142-112-18-14-12-16-100(112)106-56-82(32-48-114(106)142)96-39-23-73(5)53-80(96)26-24-79-25-40-95(78(10)54-79)86-30-42-102-101-41-27-83(92-36-20-70(2)50-75(92)7)57-117(101)143(118(102)58-86)116-66-108(98-46-34-90(124(130,131)132)64-110(98)126(136,137)138)122(62-88(116)68-140)144-119-59-84(93-37-21-71(3)51-76(93)8)28-43-103(119)104-44-29-85(60-120(104)144)94-38-22-72(4)52-77(94)9/h11-23,25,27-66H,24,26H2,1-10H3. The Bertz CT molecular complexity index is 9200. The Morgan fingerprint density at radius 1 is 0.215 bits per heavy atom. The van der Waals surface area contributed by atoms with Crippen LogP contribution in [0.5, 0.6) is 0 Å². The zero-order valence-electron chi connectivity index (χ0n) is 79.8. The Labute approximate surface area is 822 Å². The van der Waals surface area contributed by atoms with Gasteiger partial charge in [-0.25, -0.2) is 0 Å². The van der Waals surface area contributed by atoms with Gasteiger partial charge in [0.15, 0.2) is 0 Å². The molecule has 0 atom stereocenters. The number of hydrogen-bond donors (Lipinski definition) is 0. The lowest BCUT2D eigenvalue weighted by atomic mass is 9.91. The third-order valence-electron chi connectivity index (χ3n) is 28.8. The largest absolute Gasteiger partial charge is 0.417 e. The van der Waals surface area contributed by atoms with Crippen LogP contribution in [0.3, 0.4) is 0 Å². The minimum atomic E-state index is -5.35. The molecule has 0 amide bonds. The average molecular weight is 1910 g/mol. The van der Waals surface area contributed by atoms with Gasteiger partial charge in [0.05, 0.1) is 100 Å². The molecule has 18 heteroatoms. The van der Waals surface area contributed by atoms with Crippen molar-refractivity contribution in [1.82, 2.24) is 18.3 Å². The number of fused-ring (bicyclic) bond motifs is 12. The number of nitriles is 2. The molecule has 0 fully saturated rings. The van der Waals surface area contributed by atoms with E-state index < -0.39 is 58.1 Å². The van der Waals surface area contributed by atoms with E-state index in [0.29, 0.717) is 79.9 Å². The number of para-hydroxylation sites is 2. The number of hydrogen-bond acceptors (Lipinski definition) is 2. The Kier molecular flexibility index (Phi) is 22.2. The predicted octanol–water partition coefficient (Wildman–Crippen LogP) is 36.1. The summed E-state index contributed by atoms with van der Waals surface area (Å²) in [6, 6.07) is 102. The van der Waals surface area contributed by atoms with Crippen LogP contribution in [0, 0.1) is 91.9 Å². The van der Waals surface area contributed by atoms with Crippen LogP contribution < -0.4 is 0 Å². The topological polar surface area (TPSA) is 67.3 Å². The van der Waals surface area contributed by atoms with E-state index in [9.17, 15) is 23.7 Å². The van der Waals surface area contributed by atoms with Crippen molar-refractivity contribution in [1.29, 1.82) is 10.5 Å². The quantitative estimate of drug-likeness (QED) is 0.0960. The molecular weight excluding hydrogens is 1830 g/mol. The molecule has 0 saturated carbocycles. The number of alkyl halides is 12. The van der Waals surface area contributed by atoms with Crippen molar-refractivity contribution >= 4 is 87.2 Å². The molecule has 706 valence electrons. The number of aryl methyl sites for hydroxylation is 12. The summed E-state index contributed by atoms with van der Waals surface area (Å²) >= 11 is 0. The smallest absolute Gasteiger partial charge is 0.309 e. The molecule has 0 spiro atoms. The van der Waals surface area contributed by atoms with Gasteiger partial charge in [0.25, 0.3) is 0 Å². The van der Waals surface area contributed by atoms with Gasteiger partial charge in [-0.2, -0.15) is 63.2 Å². The van der Waals surface area contributed by atoms with Gasteiger partial charge in [0.1, 0.15) is 12.1 Å².